The molecular weight excluding hydrogens is 442 g/mol. The molecule has 2 aromatic carbocycles. The largest absolute Gasteiger partial charge is 0.360 e. The summed E-state index contributed by atoms with van der Waals surface area (Å²) in [6, 6.07) is 16.3. The summed E-state index contributed by atoms with van der Waals surface area (Å²) in [6.07, 6.45) is 3.99. The van der Waals surface area contributed by atoms with E-state index in [1.54, 1.807) is 23.0 Å². The van der Waals surface area contributed by atoms with Gasteiger partial charge in [-0.15, -0.1) is 0 Å². The molecular formula is C23H18ClN7O2. The number of aromatic nitrogens is 5. The second-order valence-corrected chi connectivity index (χ2v) is 7.92. The molecule has 2 N–H and O–H groups in total. The molecule has 0 unspecified atom stereocenters. The molecule has 0 fully saturated rings. The highest BCUT2D eigenvalue weighted by Crippen LogP contribution is 2.32. The van der Waals surface area contributed by atoms with Crippen LogP contribution in [0.2, 0.25) is 5.02 Å². The number of nitro groups is 1. The maximum absolute atomic E-state index is 10.8. The number of nitro benzene ring substituents is 1. The maximum Gasteiger partial charge on any atom is 0.269 e. The number of rotatable bonds is 6. The summed E-state index contributed by atoms with van der Waals surface area (Å²) in [4.78, 5) is 22.6. The number of hydrogen-bond acceptors (Lipinski definition) is 6. The van der Waals surface area contributed by atoms with E-state index in [1.165, 1.54) is 12.1 Å². The fourth-order valence-electron chi connectivity index (χ4n) is 3.67. The first-order chi connectivity index (χ1) is 16.0. The van der Waals surface area contributed by atoms with Gasteiger partial charge in [-0.1, -0.05) is 41.9 Å². The minimum absolute atomic E-state index is 0.0630. The van der Waals surface area contributed by atoms with Crippen LogP contribution in [0, 0.1) is 10.1 Å². The molecule has 0 atom stereocenters. The van der Waals surface area contributed by atoms with Crippen LogP contribution in [0.15, 0.2) is 67.0 Å². The van der Waals surface area contributed by atoms with Gasteiger partial charge in [-0.05, 0) is 11.6 Å². The maximum atomic E-state index is 10.8. The molecule has 5 rings (SSSR count). The summed E-state index contributed by atoms with van der Waals surface area (Å²) in [5, 5.41) is 20.0. The number of fused-ring (bicyclic) bond motifs is 1. The van der Waals surface area contributed by atoms with Crippen molar-refractivity contribution in [1.29, 1.82) is 0 Å². The number of anilines is 2. The van der Waals surface area contributed by atoms with E-state index in [9.17, 15) is 10.1 Å². The Morgan fingerprint density at radius 2 is 1.97 bits per heavy atom. The van der Waals surface area contributed by atoms with Gasteiger partial charge in [-0.25, -0.2) is 9.97 Å². The van der Waals surface area contributed by atoms with Gasteiger partial charge >= 0.3 is 0 Å². The smallest absolute Gasteiger partial charge is 0.269 e. The second kappa shape index (κ2) is 8.36. The predicted octanol–water partition coefficient (Wildman–Crippen LogP) is 5.25. The normalized spacial score (nSPS) is 11.1. The zero-order valence-electron chi connectivity index (χ0n) is 17.5. The van der Waals surface area contributed by atoms with Gasteiger partial charge in [0.25, 0.3) is 5.69 Å². The van der Waals surface area contributed by atoms with E-state index >= 15 is 0 Å². The van der Waals surface area contributed by atoms with Crippen LogP contribution in [0.5, 0.6) is 0 Å². The number of benzene rings is 2. The number of halogens is 1. The number of H-pyrrole nitrogens is 1. The highest BCUT2D eigenvalue weighted by atomic mass is 35.5. The lowest BCUT2D eigenvalue weighted by Crippen LogP contribution is -2.03. The number of hydrogen-bond donors (Lipinski definition) is 2. The Morgan fingerprint density at radius 1 is 1.18 bits per heavy atom. The minimum atomic E-state index is -0.413. The van der Waals surface area contributed by atoms with Crippen molar-refractivity contribution in [3.63, 3.8) is 0 Å². The molecule has 33 heavy (non-hydrogen) atoms. The van der Waals surface area contributed by atoms with Crippen molar-refractivity contribution in [1.82, 2.24) is 24.7 Å². The van der Waals surface area contributed by atoms with Crippen molar-refractivity contribution >= 4 is 40.0 Å². The molecule has 0 bridgehead atoms. The minimum Gasteiger partial charge on any atom is -0.360 e. The van der Waals surface area contributed by atoms with E-state index in [1.807, 2.05) is 43.6 Å². The van der Waals surface area contributed by atoms with E-state index in [-0.39, 0.29) is 5.69 Å². The highest BCUT2D eigenvalue weighted by molar-refractivity contribution is 6.33. The average molecular weight is 460 g/mol. The Hall–Kier alpha value is -4.24. The lowest BCUT2D eigenvalue weighted by atomic mass is 10.1. The fraction of sp³-hybridized carbons (Fsp3) is 0.0870. The second-order valence-electron chi connectivity index (χ2n) is 7.51. The van der Waals surface area contributed by atoms with Crippen molar-refractivity contribution in [2.45, 2.75) is 6.42 Å². The molecule has 0 aliphatic rings. The van der Waals surface area contributed by atoms with E-state index in [0.717, 1.165) is 27.7 Å². The van der Waals surface area contributed by atoms with Gasteiger partial charge in [0.1, 0.15) is 5.82 Å². The molecule has 164 valence electrons. The number of para-hydroxylation sites is 1. The topological polar surface area (TPSA) is 115 Å². The molecule has 10 heteroatoms. The third-order valence-corrected chi connectivity index (χ3v) is 5.57. The van der Waals surface area contributed by atoms with Crippen molar-refractivity contribution in [2.24, 2.45) is 7.05 Å². The molecule has 0 saturated carbocycles. The number of non-ortho nitro benzene ring substituents is 1. The fourth-order valence-corrected chi connectivity index (χ4v) is 3.87. The third-order valence-electron chi connectivity index (χ3n) is 5.29. The molecule has 9 nitrogen and oxygen atoms in total. The summed E-state index contributed by atoms with van der Waals surface area (Å²) in [5.41, 5.74) is 4.31. The van der Waals surface area contributed by atoms with Crippen molar-refractivity contribution in [3.8, 4) is 11.3 Å². The van der Waals surface area contributed by atoms with Crippen LogP contribution in [0.1, 0.15) is 11.3 Å². The number of aryl methyl sites for hydroxylation is 1. The summed E-state index contributed by atoms with van der Waals surface area (Å²) in [5.74, 6) is 1.10. The standard InChI is InChI=1S/C23H18ClN7O2/c1-30-21(11-15(29-30)10-14-6-8-16(9-7-14)31(32)33)27-23-26-13-19(24)22(28-23)18-12-25-20-5-3-2-4-17(18)20/h2-9,11-13,25H,10H2,1H3,(H,26,27,28). The van der Waals surface area contributed by atoms with Gasteiger partial charge in [0, 0.05) is 54.3 Å². The Morgan fingerprint density at radius 3 is 2.76 bits per heavy atom. The van der Waals surface area contributed by atoms with Crippen LogP contribution < -0.4 is 5.32 Å². The number of nitrogens with one attached hydrogen (secondary N) is 2. The lowest BCUT2D eigenvalue weighted by molar-refractivity contribution is -0.384. The number of nitrogens with zero attached hydrogens (tertiary/aromatic N) is 5. The summed E-state index contributed by atoms with van der Waals surface area (Å²) in [6.45, 7) is 0. The van der Waals surface area contributed by atoms with Gasteiger partial charge in [-0.2, -0.15) is 5.10 Å². The SMILES string of the molecule is Cn1nc(Cc2ccc([N+](=O)[O-])cc2)cc1Nc1ncc(Cl)c(-c2c[nH]c3ccccc23)n1. The van der Waals surface area contributed by atoms with Crippen LogP contribution in [0.3, 0.4) is 0 Å². The zero-order valence-corrected chi connectivity index (χ0v) is 18.2. The first-order valence-corrected chi connectivity index (χ1v) is 10.5. The molecule has 0 amide bonds. The van der Waals surface area contributed by atoms with Crippen LogP contribution >= 0.6 is 11.6 Å². The molecule has 0 radical (unpaired) electrons. The quantitative estimate of drug-likeness (QED) is 0.264. The third kappa shape index (κ3) is 4.13. The van der Waals surface area contributed by atoms with Crippen LogP contribution in [-0.4, -0.2) is 29.7 Å². The lowest BCUT2D eigenvalue weighted by Gasteiger charge is -2.07. The summed E-state index contributed by atoms with van der Waals surface area (Å²) < 4.78 is 1.70. The van der Waals surface area contributed by atoms with Gasteiger partial charge in [0.05, 0.1) is 27.5 Å². The Bertz CT molecular complexity index is 1470. The van der Waals surface area contributed by atoms with Crippen LogP contribution in [-0.2, 0) is 13.5 Å². The average Bonchev–Trinajstić information content (AvgIpc) is 3.38. The van der Waals surface area contributed by atoms with Gasteiger partial charge in [0.2, 0.25) is 5.95 Å². The van der Waals surface area contributed by atoms with Crippen molar-refractivity contribution in [3.05, 3.63) is 93.4 Å². The molecule has 0 saturated heterocycles. The van der Waals surface area contributed by atoms with E-state index in [2.05, 4.69) is 25.4 Å². The van der Waals surface area contributed by atoms with Crippen molar-refractivity contribution in [2.75, 3.05) is 5.32 Å². The van der Waals surface area contributed by atoms with E-state index in [4.69, 9.17) is 11.6 Å². The van der Waals surface area contributed by atoms with E-state index in [0.29, 0.717) is 28.9 Å². The van der Waals surface area contributed by atoms with Crippen LogP contribution in [0.4, 0.5) is 17.5 Å². The van der Waals surface area contributed by atoms with Gasteiger partial charge in [0.15, 0.2) is 0 Å². The first-order valence-electron chi connectivity index (χ1n) is 10.1. The molecule has 5 aromatic rings. The predicted molar refractivity (Wildman–Crippen MR) is 127 cm³/mol. The van der Waals surface area contributed by atoms with Crippen LogP contribution in [0.25, 0.3) is 22.2 Å². The first kappa shape index (κ1) is 20.7. The zero-order chi connectivity index (χ0) is 22.9. The monoisotopic (exact) mass is 459 g/mol. The Balaban J connectivity index is 1.39. The molecule has 0 aliphatic heterocycles. The summed E-state index contributed by atoms with van der Waals surface area (Å²) >= 11 is 6.42. The van der Waals surface area contributed by atoms with Gasteiger partial charge in [-0.3, -0.25) is 14.8 Å². The van der Waals surface area contributed by atoms with E-state index < -0.39 is 4.92 Å². The Kier molecular flexibility index (Phi) is 5.23. The number of aromatic amines is 1. The molecule has 0 spiro atoms. The van der Waals surface area contributed by atoms with Gasteiger partial charge < -0.3 is 10.3 Å². The highest BCUT2D eigenvalue weighted by Gasteiger charge is 2.14. The van der Waals surface area contributed by atoms with Crippen molar-refractivity contribution < 1.29 is 4.92 Å². The molecule has 3 aromatic heterocycles. The molecule has 0 aliphatic carbocycles. The Labute approximate surface area is 193 Å². The summed E-state index contributed by atoms with van der Waals surface area (Å²) in [7, 11) is 1.82. The molecule has 3 heterocycles.